The molecule has 0 aliphatic carbocycles. The van der Waals surface area contributed by atoms with Crippen LogP contribution in [0.5, 0.6) is 0 Å². The third kappa shape index (κ3) is 6.32. The molecule has 0 spiro atoms. The largest absolute Gasteiger partial charge is 0.390 e. The standard InChI is InChI=1S/C9H21NO/c1-8(2,7-10)5-6-9(3,4)11/h11H,5-7,10H2,1-4H3. The molecule has 68 valence electrons. The van der Waals surface area contributed by atoms with Crippen molar-refractivity contribution in [2.45, 2.75) is 46.1 Å². The number of aliphatic hydroxyl groups is 1. The van der Waals surface area contributed by atoms with Crippen molar-refractivity contribution in [1.29, 1.82) is 0 Å². The number of nitrogens with two attached hydrogens (primary N) is 1. The highest BCUT2D eigenvalue weighted by atomic mass is 16.3. The molecule has 0 unspecified atom stereocenters. The maximum Gasteiger partial charge on any atom is 0.0592 e. The van der Waals surface area contributed by atoms with Crippen molar-refractivity contribution in [2.75, 3.05) is 6.54 Å². The molecule has 0 aromatic carbocycles. The fourth-order valence-corrected chi connectivity index (χ4v) is 0.746. The van der Waals surface area contributed by atoms with E-state index in [1.165, 1.54) is 0 Å². The Balaban J connectivity index is 3.70. The fraction of sp³-hybridized carbons (Fsp3) is 1.00. The van der Waals surface area contributed by atoms with Crippen molar-refractivity contribution in [2.24, 2.45) is 11.1 Å². The lowest BCUT2D eigenvalue weighted by Gasteiger charge is -2.26. The van der Waals surface area contributed by atoms with Gasteiger partial charge in [0.25, 0.3) is 0 Å². The van der Waals surface area contributed by atoms with Crippen LogP contribution in [0.2, 0.25) is 0 Å². The highest BCUT2D eigenvalue weighted by Crippen LogP contribution is 2.24. The SMILES string of the molecule is CC(C)(O)CCC(C)(C)CN. The third-order valence-corrected chi connectivity index (χ3v) is 1.97. The highest BCUT2D eigenvalue weighted by molar-refractivity contribution is 4.74. The second kappa shape index (κ2) is 3.55. The number of hydrogen-bond donors (Lipinski definition) is 2. The minimum Gasteiger partial charge on any atom is -0.390 e. The Hall–Kier alpha value is -0.0800. The van der Waals surface area contributed by atoms with E-state index >= 15 is 0 Å². The van der Waals surface area contributed by atoms with Gasteiger partial charge in [-0.15, -0.1) is 0 Å². The van der Waals surface area contributed by atoms with E-state index in [9.17, 15) is 5.11 Å². The lowest BCUT2D eigenvalue weighted by atomic mass is 9.84. The molecule has 0 heterocycles. The first-order chi connectivity index (χ1) is 4.77. The average molecular weight is 159 g/mol. The topological polar surface area (TPSA) is 46.2 Å². The summed E-state index contributed by atoms with van der Waals surface area (Å²) in [5.41, 5.74) is 5.17. The quantitative estimate of drug-likeness (QED) is 0.653. The van der Waals surface area contributed by atoms with Gasteiger partial charge in [0, 0.05) is 0 Å². The summed E-state index contributed by atoms with van der Waals surface area (Å²) in [6.45, 7) is 8.60. The van der Waals surface area contributed by atoms with Gasteiger partial charge in [0.1, 0.15) is 0 Å². The van der Waals surface area contributed by atoms with Crippen LogP contribution in [0.4, 0.5) is 0 Å². The van der Waals surface area contributed by atoms with Gasteiger partial charge in [0.15, 0.2) is 0 Å². The molecule has 0 aromatic heterocycles. The summed E-state index contributed by atoms with van der Waals surface area (Å²) in [7, 11) is 0. The lowest BCUT2D eigenvalue weighted by molar-refractivity contribution is 0.0572. The van der Waals surface area contributed by atoms with Gasteiger partial charge < -0.3 is 10.8 Å². The normalized spacial score (nSPS) is 13.6. The van der Waals surface area contributed by atoms with E-state index in [2.05, 4.69) is 13.8 Å². The molecule has 0 amide bonds. The summed E-state index contributed by atoms with van der Waals surface area (Å²) in [5, 5.41) is 9.44. The third-order valence-electron chi connectivity index (χ3n) is 1.97. The molecule has 0 radical (unpaired) electrons. The van der Waals surface area contributed by atoms with E-state index in [0.29, 0.717) is 6.54 Å². The predicted molar refractivity (Wildman–Crippen MR) is 48.4 cm³/mol. The van der Waals surface area contributed by atoms with Gasteiger partial charge in [-0.05, 0) is 38.6 Å². The van der Waals surface area contributed by atoms with Gasteiger partial charge in [-0.3, -0.25) is 0 Å². The summed E-state index contributed by atoms with van der Waals surface area (Å²) < 4.78 is 0. The second-order valence-corrected chi connectivity index (χ2v) is 4.68. The number of hydrogen-bond acceptors (Lipinski definition) is 2. The fourth-order valence-electron chi connectivity index (χ4n) is 0.746. The maximum absolute atomic E-state index is 9.44. The first-order valence-corrected chi connectivity index (χ1v) is 4.19. The van der Waals surface area contributed by atoms with Gasteiger partial charge >= 0.3 is 0 Å². The smallest absolute Gasteiger partial charge is 0.0592 e. The van der Waals surface area contributed by atoms with Crippen LogP contribution in [0, 0.1) is 5.41 Å². The van der Waals surface area contributed by atoms with Crippen LogP contribution < -0.4 is 5.73 Å². The van der Waals surface area contributed by atoms with E-state index < -0.39 is 5.60 Å². The van der Waals surface area contributed by atoms with E-state index in [1.807, 2.05) is 13.8 Å². The molecular formula is C9H21NO. The zero-order valence-electron chi connectivity index (χ0n) is 8.15. The van der Waals surface area contributed by atoms with Crippen LogP contribution in [0.3, 0.4) is 0 Å². The van der Waals surface area contributed by atoms with Crippen LogP contribution >= 0.6 is 0 Å². The minimum atomic E-state index is -0.549. The molecule has 0 atom stereocenters. The number of rotatable bonds is 4. The molecule has 0 aliphatic rings. The van der Waals surface area contributed by atoms with E-state index in [0.717, 1.165) is 12.8 Å². The maximum atomic E-state index is 9.44. The van der Waals surface area contributed by atoms with Crippen molar-refractivity contribution in [1.82, 2.24) is 0 Å². The Bertz CT molecular complexity index is 113. The summed E-state index contributed by atoms with van der Waals surface area (Å²) in [4.78, 5) is 0. The van der Waals surface area contributed by atoms with Gasteiger partial charge in [-0.2, -0.15) is 0 Å². The highest BCUT2D eigenvalue weighted by Gasteiger charge is 2.20. The van der Waals surface area contributed by atoms with Crippen molar-refractivity contribution < 1.29 is 5.11 Å². The van der Waals surface area contributed by atoms with E-state index in [4.69, 9.17) is 5.73 Å². The zero-order chi connectivity index (χ0) is 9.12. The molecule has 0 aromatic rings. The van der Waals surface area contributed by atoms with Crippen LogP contribution in [0.25, 0.3) is 0 Å². The summed E-state index contributed by atoms with van der Waals surface area (Å²) in [6.07, 6.45) is 1.80. The molecule has 0 bridgehead atoms. The Morgan fingerprint density at radius 1 is 1.09 bits per heavy atom. The Morgan fingerprint density at radius 3 is 1.82 bits per heavy atom. The summed E-state index contributed by atoms with van der Waals surface area (Å²) in [6, 6.07) is 0. The molecule has 3 N–H and O–H groups in total. The van der Waals surface area contributed by atoms with Gasteiger partial charge in [-0.25, -0.2) is 0 Å². The second-order valence-electron chi connectivity index (χ2n) is 4.68. The van der Waals surface area contributed by atoms with Gasteiger partial charge in [-0.1, -0.05) is 13.8 Å². The molecule has 2 heteroatoms. The molecular weight excluding hydrogens is 138 g/mol. The predicted octanol–water partition coefficient (Wildman–Crippen LogP) is 1.52. The van der Waals surface area contributed by atoms with Crippen LogP contribution in [-0.4, -0.2) is 17.3 Å². The van der Waals surface area contributed by atoms with E-state index in [1.54, 1.807) is 0 Å². The average Bonchev–Trinajstić information content (AvgIpc) is 1.83. The van der Waals surface area contributed by atoms with Crippen molar-refractivity contribution in [3.63, 3.8) is 0 Å². The van der Waals surface area contributed by atoms with Crippen LogP contribution in [0.1, 0.15) is 40.5 Å². The van der Waals surface area contributed by atoms with E-state index in [-0.39, 0.29) is 5.41 Å². The van der Waals surface area contributed by atoms with Crippen molar-refractivity contribution in [3.05, 3.63) is 0 Å². The molecule has 0 saturated heterocycles. The van der Waals surface area contributed by atoms with Crippen molar-refractivity contribution in [3.8, 4) is 0 Å². The summed E-state index contributed by atoms with van der Waals surface area (Å²) >= 11 is 0. The minimum absolute atomic E-state index is 0.167. The Labute approximate surface area is 69.8 Å². The van der Waals surface area contributed by atoms with Gasteiger partial charge in [0.05, 0.1) is 5.60 Å². The van der Waals surface area contributed by atoms with Crippen LogP contribution in [0.15, 0.2) is 0 Å². The summed E-state index contributed by atoms with van der Waals surface area (Å²) in [5.74, 6) is 0. The monoisotopic (exact) mass is 159 g/mol. The molecule has 11 heavy (non-hydrogen) atoms. The molecule has 2 nitrogen and oxygen atoms in total. The van der Waals surface area contributed by atoms with Crippen molar-refractivity contribution >= 4 is 0 Å². The molecule has 0 saturated carbocycles. The molecule has 0 rings (SSSR count). The van der Waals surface area contributed by atoms with Gasteiger partial charge in [0.2, 0.25) is 0 Å². The Kier molecular flexibility index (Phi) is 3.52. The first kappa shape index (κ1) is 10.9. The molecule has 0 fully saturated rings. The first-order valence-electron chi connectivity index (χ1n) is 4.19. The lowest BCUT2D eigenvalue weighted by Crippen LogP contribution is -2.28. The molecule has 0 aliphatic heterocycles. The zero-order valence-corrected chi connectivity index (χ0v) is 8.15. The Morgan fingerprint density at radius 2 is 1.55 bits per heavy atom. The van der Waals surface area contributed by atoms with Crippen LogP contribution in [-0.2, 0) is 0 Å².